The number of carbonyl (C=O) groups excluding carboxylic acids is 1. The zero-order valence-corrected chi connectivity index (χ0v) is 12.1. The number of ether oxygens (including phenoxy) is 2. The Kier molecular flexibility index (Phi) is 4.64. The molecule has 0 saturated carbocycles. The Hall–Kier alpha value is -2.00. The van der Waals surface area contributed by atoms with E-state index in [4.69, 9.17) is 21.1 Å². The van der Waals surface area contributed by atoms with E-state index >= 15 is 0 Å². The van der Waals surface area contributed by atoms with E-state index in [1.807, 2.05) is 26.0 Å². The van der Waals surface area contributed by atoms with Crippen LogP contribution < -0.4 is 9.47 Å². The molecule has 104 valence electrons. The van der Waals surface area contributed by atoms with Crippen LogP contribution >= 0.6 is 11.6 Å². The standard InChI is InChI=1S/C16H15ClO3/c1-11-4-3-5-14(8-11)20-16(18)10-19-15-7-6-13(17)9-12(15)2/h3-9H,10H2,1-2H3. The van der Waals surface area contributed by atoms with E-state index in [2.05, 4.69) is 0 Å². The fourth-order valence-electron chi connectivity index (χ4n) is 1.75. The van der Waals surface area contributed by atoms with Crippen molar-refractivity contribution < 1.29 is 14.3 Å². The fraction of sp³-hybridized carbons (Fsp3) is 0.188. The Balaban J connectivity index is 1.92. The Labute approximate surface area is 123 Å². The maximum absolute atomic E-state index is 11.7. The third-order valence-electron chi connectivity index (χ3n) is 2.70. The molecule has 20 heavy (non-hydrogen) atoms. The van der Waals surface area contributed by atoms with Crippen molar-refractivity contribution in [1.82, 2.24) is 0 Å². The molecule has 0 aromatic heterocycles. The molecule has 3 nitrogen and oxygen atoms in total. The lowest BCUT2D eigenvalue weighted by atomic mass is 10.2. The number of hydrogen-bond donors (Lipinski definition) is 0. The lowest BCUT2D eigenvalue weighted by Gasteiger charge is -2.09. The molecule has 0 fully saturated rings. The maximum atomic E-state index is 11.7. The summed E-state index contributed by atoms with van der Waals surface area (Å²) in [6.07, 6.45) is 0. The number of esters is 1. The first-order valence-corrected chi connectivity index (χ1v) is 6.59. The van der Waals surface area contributed by atoms with E-state index in [9.17, 15) is 4.79 Å². The highest BCUT2D eigenvalue weighted by Gasteiger charge is 2.08. The van der Waals surface area contributed by atoms with Gasteiger partial charge in [-0.25, -0.2) is 4.79 Å². The second-order valence-corrected chi connectivity index (χ2v) is 4.93. The zero-order chi connectivity index (χ0) is 14.5. The lowest BCUT2D eigenvalue weighted by molar-refractivity contribution is -0.136. The summed E-state index contributed by atoms with van der Waals surface area (Å²) >= 11 is 5.85. The Morgan fingerprint density at radius 2 is 1.95 bits per heavy atom. The van der Waals surface area contributed by atoms with E-state index in [-0.39, 0.29) is 6.61 Å². The van der Waals surface area contributed by atoms with Gasteiger partial charge in [-0.15, -0.1) is 0 Å². The predicted octanol–water partition coefficient (Wildman–Crippen LogP) is 3.94. The molecule has 0 N–H and O–H groups in total. The Morgan fingerprint density at radius 3 is 2.65 bits per heavy atom. The van der Waals surface area contributed by atoms with Gasteiger partial charge in [-0.3, -0.25) is 0 Å². The molecule has 0 bridgehead atoms. The monoisotopic (exact) mass is 290 g/mol. The second kappa shape index (κ2) is 6.44. The van der Waals surface area contributed by atoms with E-state index in [1.54, 1.807) is 30.3 Å². The molecule has 2 aromatic rings. The van der Waals surface area contributed by atoms with Crippen LogP contribution in [0.4, 0.5) is 0 Å². The molecule has 0 atom stereocenters. The molecule has 0 radical (unpaired) electrons. The summed E-state index contributed by atoms with van der Waals surface area (Å²) in [6.45, 7) is 3.66. The topological polar surface area (TPSA) is 35.5 Å². The minimum atomic E-state index is -0.440. The van der Waals surface area contributed by atoms with Crippen molar-refractivity contribution in [3.63, 3.8) is 0 Å². The van der Waals surface area contributed by atoms with Crippen LogP contribution in [-0.2, 0) is 4.79 Å². The first-order valence-electron chi connectivity index (χ1n) is 6.21. The number of aryl methyl sites for hydroxylation is 2. The largest absolute Gasteiger partial charge is 0.482 e. The second-order valence-electron chi connectivity index (χ2n) is 4.49. The lowest BCUT2D eigenvalue weighted by Crippen LogP contribution is -2.18. The van der Waals surface area contributed by atoms with Crippen LogP contribution in [0.15, 0.2) is 42.5 Å². The zero-order valence-electron chi connectivity index (χ0n) is 11.4. The van der Waals surface area contributed by atoms with Gasteiger partial charge in [-0.1, -0.05) is 23.7 Å². The Bertz CT molecular complexity index is 623. The van der Waals surface area contributed by atoms with Gasteiger partial charge in [-0.05, 0) is 55.3 Å². The van der Waals surface area contributed by atoms with E-state index in [0.29, 0.717) is 16.5 Å². The van der Waals surface area contributed by atoms with Crippen LogP contribution in [0.25, 0.3) is 0 Å². The number of hydrogen-bond acceptors (Lipinski definition) is 3. The molecule has 0 heterocycles. The number of halogens is 1. The summed E-state index contributed by atoms with van der Waals surface area (Å²) in [4.78, 5) is 11.7. The number of carbonyl (C=O) groups is 1. The van der Waals surface area contributed by atoms with Gasteiger partial charge < -0.3 is 9.47 Å². The summed E-state index contributed by atoms with van der Waals surface area (Å²) < 4.78 is 10.6. The van der Waals surface area contributed by atoms with Crippen molar-refractivity contribution in [2.24, 2.45) is 0 Å². The molecule has 0 amide bonds. The van der Waals surface area contributed by atoms with Gasteiger partial charge in [0.25, 0.3) is 0 Å². The van der Waals surface area contributed by atoms with Gasteiger partial charge >= 0.3 is 5.97 Å². The molecule has 0 aliphatic carbocycles. The van der Waals surface area contributed by atoms with Gasteiger partial charge in [0.05, 0.1) is 0 Å². The van der Waals surface area contributed by atoms with Crippen LogP contribution in [0, 0.1) is 13.8 Å². The molecule has 0 spiro atoms. The van der Waals surface area contributed by atoms with Gasteiger partial charge in [0.15, 0.2) is 6.61 Å². The predicted molar refractivity (Wildman–Crippen MR) is 78.5 cm³/mol. The van der Waals surface area contributed by atoms with Crippen LogP contribution in [0.3, 0.4) is 0 Å². The summed E-state index contributed by atoms with van der Waals surface area (Å²) in [7, 11) is 0. The molecular weight excluding hydrogens is 276 g/mol. The third kappa shape index (κ3) is 4.00. The SMILES string of the molecule is Cc1cccc(OC(=O)COc2ccc(Cl)cc2C)c1. The normalized spacial score (nSPS) is 10.2. The van der Waals surface area contributed by atoms with Crippen molar-refractivity contribution >= 4 is 17.6 Å². The fourth-order valence-corrected chi connectivity index (χ4v) is 1.98. The van der Waals surface area contributed by atoms with E-state index in [1.165, 1.54) is 0 Å². The van der Waals surface area contributed by atoms with Gasteiger partial charge in [0.1, 0.15) is 11.5 Å². The van der Waals surface area contributed by atoms with Gasteiger partial charge in [-0.2, -0.15) is 0 Å². The summed E-state index contributed by atoms with van der Waals surface area (Å²) in [5, 5.41) is 0.636. The van der Waals surface area contributed by atoms with Crippen LogP contribution in [-0.4, -0.2) is 12.6 Å². The number of rotatable bonds is 4. The molecule has 0 unspecified atom stereocenters. The summed E-state index contributed by atoms with van der Waals surface area (Å²) in [6, 6.07) is 12.5. The minimum Gasteiger partial charge on any atom is -0.482 e. The highest BCUT2D eigenvalue weighted by atomic mass is 35.5. The van der Waals surface area contributed by atoms with Crippen LogP contribution in [0.2, 0.25) is 5.02 Å². The first kappa shape index (κ1) is 14.4. The van der Waals surface area contributed by atoms with Crippen LogP contribution in [0.1, 0.15) is 11.1 Å². The van der Waals surface area contributed by atoms with E-state index in [0.717, 1.165) is 11.1 Å². The molecule has 0 aliphatic rings. The first-order chi connectivity index (χ1) is 9.54. The highest BCUT2D eigenvalue weighted by Crippen LogP contribution is 2.21. The molecule has 4 heteroatoms. The average molecular weight is 291 g/mol. The van der Waals surface area contributed by atoms with Crippen molar-refractivity contribution in [3.8, 4) is 11.5 Å². The van der Waals surface area contributed by atoms with Gasteiger partial charge in [0, 0.05) is 5.02 Å². The summed E-state index contributed by atoms with van der Waals surface area (Å²) in [5.41, 5.74) is 1.91. The molecule has 2 rings (SSSR count). The quantitative estimate of drug-likeness (QED) is 0.632. The van der Waals surface area contributed by atoms with Crippen molar-refractivity contribution in [2.75, 3.05) is 6.61 Å². The highest BCUT2D eigenvalue weighted by molar-refractivity contribution is 6.30. The smallest absolute Gasteiger partial charge is 0.349 e. The maximum Gasteiger partial charge on any atom is 0.349 e. The Morgan fingerprint density at radius 1 is 1.15 bits per heavy atom. The van der Waals surface area contributed by atoms with Crippen molar-refractivity contribution in [2.45, 2.75) is 13.8 Å². The molecule has 2 aromatic carbocycles. The molecular formula is C16H15ClO3. The average Bonchev–Trinajstić information content (AvgIpc) is 2.37. The van der Waals surface area contributed by atoms with Crippen molar-refractivity contribution in [3.05, 3.63) is 58.6 Å². The molecule has 0 saturated heterocycles. The summed E-state index contributed by atoms with van der Waals surface area (Å²) in [5.74, 6) is 0.701. The van der Waals surface area contributed by atoms with Crippen LogP contribution in [0.5, 0.6) is 11.5 Å². The van der Waals surface area contributed by atoms with Crippen molar-refractivity contribution in [1.29, 1.82) is 0 Å². The van der Waals surface area contributed by atoms with E-state index < -0.39 is 5.97 Å². The molecule has 0 aliphatic heterocycles. The third-order valence-corrected chi connectivity index (χ3v) is 2.94. The minimum absolute atomic E-state index is 0.142. The number of benzene rings is 2. The van der Waals surface area contributed by atoms with Gasteiger partial charge in [0.2, 0.25) is 0 Å².